The first-order chi connectivity index (χ1) is 8.40. The van der Waals surface area contributed by atoms with Crippen molar-refractivity contribution in [3.8, 4) is 0 Å². The largest absolute Gasteiger partial charge is 0.369 e. The third-order valence-electron chi connectivity index (χ3n) is 2.88. The van der Waals surface area contributed by atoms with Crippen molar-refractivity contribution in [2.45, 2.75) is 39.7 Å². The van der Waals surface area contributed by atoms with Gasteiger partial charge in [0.05, 0.1) is 0 Å². The Balaban J connectivity index is 2.57. The fourth-order valence-electron chi connectivity index (χ4n) is 1.40. The summed E-state index contributed by atoms with van der Waals surface area (Å²) in [5, 5.41) is 3.78. The summed E-state index contributed by atoms with van der Waals surface area (Å²) >= 11 is 5.98. The van der Waals surface area contributed by atoms with Crippen LogP contribution in [0.5, 0.6) is 0 Å². The fraction of sp³-hybridized carbons (Fsp3) is 0.692. The van der Waals surface area contributed by atoms with Crippen molar-refractivity contribution in [3.05, 3.63) is 17.0 Å². The predicted octanol–water partition coefficient (Wildman–Crippen LogP) is 3.01. The fourth-order valence-corrected chi connectivity index (χ4v) is 1.59. The molecule has 1 heterocycles. The molecule has 0 aromatic carbocycles. The summed E-state index contributed by atoms with van der Waals surface area (Å²) in [5.41, 5.74) is 0. The molecule has 0 saturated heterocycles. The SMILES string of the molecule is CC(C)c1nc(Cl)cc(NCCN(C)C(C)C)n1. The van der Waals surface area contributed by atoms with Crippen LogP contribution in [0.15, 0.2) is 6.07 Å². The molecule has 1 aromatic heterocycles. The predicted molar refractivity (Wildman–Crippen MR) is 77.4 cm³/mol. The summed E-state index contributed by atoms with van der Waals surface area (Å²) in [6, 6.07) is 2.31. The van der Waals surface area contributed by atoms with E-state index < -0.39 is 0 Å². The zero-order valence-electron chi connectivity index (χ0n) is 11.9. The van der Waals surface area contributed by atoms with Crippen LogP contribution in [0.25, 0.3) is 0 Å². The molecule has 0 unspecified atom stereocenters. The molecule has 0 aliphatic rings. The Morgan fingerprint density at radius 1 is 1.28 bits per heavy atom. The second-order valence-corrected chi connectivity index (χ2v) is 5.48. The van der Waals surface area contributed by atoms with Crippen LogP contribution in [0.1, 0.15) is 39.4 Å². The molecule has 0 saturated carbocycles. The minimum Gasteiger partial charge on any atom is -0.369 e. The van der Waals surface area contributed by atoms with E-state index in [1.54, 1.807) is 6.07 Å². The van der Waals surface area contributed by atoms with Crippen LogP contribution in [-0.4, -0.2) is 41.0 Å². The maximum atomic E-state index is 5.98. The molecule has 0 aliphatic heterocycles. The van der Waals surface area contributed by atoms with Gasteiger partial charge < -0.3 is 10.2 Å². The van der Waals surface area contributed by atoms with Crippen molar-refractivity contribution in [2.24, 2.45) is 0 Å². The third kappa shape index (κ3) is 4.78. The van der Waals surface area contributed by atoms with Crippen LogP contribution in [0.2, 0.25) is 5.15 Å². The van der Waals surface area contributed by atoms with Gasteiger partial charge in [-0.2, -0.15) is 0 Å². The second-order valence-electron chi connectivity index (χ2n) is 5.09. The molecule has 18 heavy (non-hydrogen) atoms. The van der Waals surface area contributed by atoms with Crippen molar-refractivity contribution in [3.63, 3.8) is 0 Å². The van der Waals surface area contributed by atoms with E-state index in [1.807, 2.05) is 0 Å². The summed E-state index contributed by atoms with van der Waals surface area (Å²) in [6.07, 6.45) is 0. The summed E-state index contributed by atoms with van der Waals surface area (Å²) < 4.78 is 0. The van der Waals surface area contributed by atoms with Crippen LogP contribution in [0.3, 0.4) is 0 Å². The molecule has 4 nitrogen and oxygen atoms in total. The number of aromatic nitrogens is 2. The molecule has 0 radical (unpaired) electrons. The topological polar surface area (TPSA) is 41.1 Å². The Morgan fingerprint density at radius 3 is 2.50 bits per heavy atom. The van der Waals surface area contributed by atoms with Gasteiger partial charge in [-0.1, -0.05) is 25.4 Å². The van der Waals surface area contributed by atoms with E-state index >= 15 is 0 Å². The van der Waals surface area contributed by atoms with Crippen molar-refractivity contribution >= 4 is 17.4 Å². The highest BCUT2D eigenvalue weighted by Gasteiger charge is 2.07. The molecule has 5 heteroatoms. The maximum absolute atomic E-state index is 5.98. The molecular weight excluding hydrogens is 248 g/mol. The number of rotatable bonds is 6. The number of hydrogen-bond donors (Lipinski definition) is 1. The zero-order valence-corrected chi connectivity index (χ0v) is 12.6. The summed E-state index contributed by atoms with van der Waals surface area (Å²) in [5.74, 6) is 1.86. The number of hydrogen-bond acceptors (Lipinski definition) is 4. The van der Waals surface area contributed by atoms with Gasteiger partial charge in [0.25, 0.3) is 0 Å². The van der Waals surface area contributed by atoms with E-state index in [4.69, 9.17) is 11.6 Å². The molecule has 0 aliphatic carbocycles. The number of nitrogens with one attached hydrogen (secondary N) is 1. The molecule has 102 valence electrons. The van der Waals surface area contributed by atoms with Gasteiger partial charge in [0.1, 0.15) is 16.8 Å². The van der Waals surface area contributed by atoms with E-state index in [9.17, 15) is 0 Å². The minimum absolute atomic E-state index is 0.280. The maximum Gasteiger partial charge on any atom is 0.135 e. The first-order valence-electron chi connectivity index (χ1n) is 6.38. The Kier molecular flexibility index (Phi) is 5.82. The van der Waals surface area contributed by atoms with E-state index in [0.717, 1.165) is 24.7 Å². The Bertz CT molecular complexity index is 379. The highest BCUT2D eigenvalue weighted by Crippen LogP contribution is 2.16. The van der Waals surface area contributed by atoms with E-state index in [0.29, 0.717) is 11.2 Å². The monoisotopic (exact) mass is 270 g/mol. The average molecular weight is 271 g/mol. The number of likely N-dealkylation sites (N-methyl/N-ethyl adjacent to an activating group) is 1. The molecule has 1 aromatic rings. The lowest BCUT2D eigenvalue weighted by Gasteiger charge is -2.21. The Morgan fingerprint density at radius 2 is 1.94 bits per heavy atom. The number of nitrogens with zero attached hydrogens (tertiary/aromatic N) is 3. The van der Waals surface area contributed by atoms with Crippen molar-refractivity contribution in [1.29, 1.82) is 0 Å². The minimum atomic E-state index is 0.280. The summed E-state index contributed by atoms with van der Waals surface area (Å²) in [6.45, 7) is 10.3. The molecule has 0 amide bonds. The summed E-state index contributed by atoms with van der Waals surface area (Å²) in [4.78, 5) is 10.9. The lowest BCUT2D eigenvalue weighted by atomic mass is 10.2. The average Bonchev–Trinajstić information content (AvgIpc) is 2.27. The second kappa shape index (κ2) is 6.90. The van der Waals surface area contributed by atoms with Crippen LogP contribution in [-0.2, 0) is 0 Å². The molecule has 0 fully saturated rings. The van der Waals surface area contributed by atoms with Crippen LogP contribution < -0.4 is 5.32 Å². The molecule has 0 atom stereocenters. The molecule has 0 bridgehead atoms. The van der Waals surface area contributed by atoms with Crippen molar-refractivity contribution in [2.75, 3.05) is 25.5 Å². The highest BCUT2D eigenvalue weighted by molar-refractivity contribution is 6.29. The lowest BCUT2D eigenvalue weighted by molar-refractivity contribution is 0.284. The number of halogens is 1. The van der Waals surface area contributed by atoms with Gasteiger partial charge in [-0.15, -0.1) is 0 Å². The van der Waals surface area contributed by atoms with Gasteiger partial charge in [0.2, 0.25) is 0 Å². The Labute approximate surface area is 115 Å². The van der Waals surface area contributed by atoms with Crippen LogP contribution >= 0.6 is 11.6 Å². The zero-order chi connectivity index (χ0) is 13.7. The Hall–Kier alpha value is -0.870. The smallest absolute Gasteiger partial charge is 0.135 e. The van der Waals surface area contributed by atoms with E-state index in [1.165, 1.54) is 0 Å². The lowest BCUT2D eigenvalue weighted by Crippen LogP contribution is -2.31. The highest BCUT2D eigenvalue weighted by atomic mass is 35.5. The quantitative estimate of drug-likeness (QED) is 0.807. The van der Waals surface area contributed by atoms with Gasteiger partial charge in [-0.05, 0) is 20.9 Å². The standard InChI is InChI=1S/C13H23ClN4/c1-9(2)13-16-11(14)8-12(17-13)15-6-7-18(5)10(3)4/h8-10H,6-7H2,1-5H3,(H,15,16,17). The summed E-state index contributed by atoms with van der Waals surface area (Å²) in [7, 11) is 2.11. The first-order valence-corrected chi connectivity index (χ1v) is 6.76. The van der Waals surface area contributed by atoms with Gasteiger partial charge in [0, 0.05) is 31.1 Å². The van der Waals surface area contributed by atoms with Gasteiger partial charge in [0.15, 0.2) is 0 Å². The van der Waals surface area contributed by atoms with Crippen molar-refractivity contribution in [1.82, 2.24) is 14.9 Å². The molecule has 0 spiro atoms. The van der Waals surface area contributed by atoms with E-state index in [2.05, 4.69) is 54.9 Å². The third-order valence-corrected chi connectivity index (χ3v) is 3.07. The van der Waals surface area contributed by atoms with Crippen molar-refractivity contribution < 1.29 is 0 Å². The molecular formula is C13H23ClN4. The van der Waals surface area contributed by atoms with Gasteiger partial charge >= 0.3 is 0 Å². The van der Waals surface area contributed by atoms with E-state index in [-0.39, 0.29) is 5.92 Å². The van der Waals surface area contributed by atoms with Crippen LogP contribution in [0, 0.1) is 0 Å². The van der Waals surface area contributed by atoms with Gasteiger partial charge in [-0.3, -0.25) is 0 Å². The first kappa shape index (κ1) is 15.2. The molecule has 1 N–H and O–H groups in total. The number of anilines is 1. The van der Waals surface area contributed by atoms with Gasteiger partial charge in [-0.25, -0.2) is 9.97 Å². The normalized spacial score (nSPS) is 11.6. The molecule has 1 rings (SSSR count). The van der Waals surface area contributed by atoms with Crippen LogP contribution in [0.4, 0.5) is 5.82 Å².